The first-order valence-corrected chi connectivity index (χ1v) is 6.87. The summed E-state index contributed by atoms with van der Waals surface area (Å²) in [5.41, 5.74) is 1.60. The van der Waals surface area contributed by atoms with Gasteiger partial charge in [0.1, 0.15) is 10.3 Å². The molecule has 0 spiro atoms. The Morgan fingerprint density at radius 2 is 2.00 bits per heavy atom. The van der Waals surface area contributed by atoms with Crippen molar-refractivity contribution in [2.24, 2.45) is 5.92 Å². The highest BCUT2D eigenvalue weighted by Gasteiger charge is 2.23. The molecule has 1 heterocycles. The van der Waals surface area contributed by atoms with Crippen LogP contribution in [0.4, 0.5) is 0 Å². The van der Waals surface area contributed by atoms with E-state index < -0.39 is 0 Å². The number of hydrogen-bond donors (Lipinski definition) is 1. The van der Waals surface area contributed by atoms with Gasteiger partial charge in [-0.25, -0.2) is 4.98 Å². The maximum Gasteiger partial charge on any atom is 0.265 e. The summed E-state index contributed by atoms with van der Waals surface area (Å²) in [6.07, 6.45) is 3.38. The molecule has 1 aromatic carbocycles. The van der Waals surface area contributed by atoms with Gasteiger partial charge in [0.25, 0.3) is 5.56 Å². The minimum Gasteiger partial charge on any atom is -0.310 e. The van der Waals surface area contributed by atoms with Gasteiger partial charge in [-0.3, -0.25) is 4.79 Å². The van der Waals surface area contributed by atoms with E-state index in [1.54, 1.807) is 0 Å². The number of nitrogens with zero attached hydrogens (tertiary/aromatic N) is 1. The molecular weight excluding hydrogens is 292 g/mol. The molecule has 0 saturated heterocycles. The minimum atomic E-state index is -0.0977. The van der Waals surface area contributed by atoms with Gasteiger partial charge < -0.3 is 4.98 Å². The van der Waals surface area contributed by atoms with E-state index in [-0.39, 0.29) is 5.56 Å². The smallest absolute Gasteiger partial charge is 0.265 e. The van der Waals surface area contributed by atoms with Crippen LogP contribution in [0.1, 0.15) is 18.7 Å². The van der Waals surface area contributed by atoms with Gasteiger partial charge in [-0.2, -0.15) is 0 Å². The lowest BCUT2D eigenvalue weighted by Gasteiger charge is -2.06. The number of aromatic nitrogens is 2. The standard InChI is InChI=1S/C14H13BrN2O/c15-12-13(10-4-2-1-3-5-10)16-11(17-14(12)18)8-9-6-7-9/h1-5,9H,6-8H2,(H,16,17,18). The van der Waals surface area contributed by atoms with Crippen LogP contribution in [0.2, 0.25) is 0 Å². The Hall–Kier alpha value is -1.42. The van der Waals surface area contributed by atoms with Gasteiger partial charge in [0.05, 0.1) is 5.69 Å². The number of rotatable bonds is 3. The highest BCUT2D eigenvalue weighted by Crippen LogP contribution is 2.32. The normalized spacial score (nSPS) is 14.7. The Morgan fingerprint density at radius 1 is 1.28 bits per heavy atom. The predicted octanol–water partition coefficient (Wildman–Crippen LogP) is 3.15. The Morgan fingerprint density at radius 3 is 2.67 bits per heavy atom. The lowest BCUT2D eigenvalue weighted by Crippen LogP contribution is -2.14. The molecule has 3 nitrogen and oxygen atoms in total. The van der Waals surface area contributed by atoms with Gasteiger partial charge >= 0.3 is 0 Å². The van der Waals surface area contributed by atoms with Crippen LogP contribution in [0, 0.1) is 5.92 Å². The SMILES string of the molecule is O=c1[nH]c(CC2CC2)nc(-c2ccccc2)c1Br. The molecule has 0 atom stereocenters. The van der Waals surface area contributed by atoms with Crippen molar-refractivity contribution in [2.45, 2.75) is 19.3 Å². The average molecular weight is 305 g/mol. The van der Waals surface area contributed by atoms with Crippen LogP contribution in [0.25, 0.3) is 11.3 Å². The van der Waals surface area contributed by atoms with Gasteiger partial charge in [0.2, 0.25) is 0 Å². The molecule has 0 amide bonds. The Bertz CT molecular complexity index is 617. The predicted molar refractivity (Wildman–Crippen MR) is 74.4 cm³/mol. The van der Waals surface area contributed by atoms with E-state index in [2.05, 4.69) is 25.9 Å². The van der Waals surface area contributed by atoms with Gasteiger partial charge in [-0.15, -0.1) is 0 Å². The fourth-order valence-corrected chi connectivity index (χ4v) is 2.40. The average Bonchev–Trinajstić information content (AvgIpc) is 3.18. The summed E-state index contributed by atoms with van der Waals surface area (Å²) in [6, 6.07) is 9.78. The summed E-state index contributed by atoms with van der Waals surface area (Å²) >= 11 is 3.33. The van der Waals surface area contributed by atoms with Crippen molar-refractivity contribution in [3.63, 3.8) is 0 Å². The number of H-pyrrole nitrogens is 1. The number of nitrogens with one attached hydrogen (secondary N) is 1. The third kappa shape index (κ3) is 2.38. The quantitative estimate of drug-likeness (QED) is 0.947. The van der Waals surface area contributed by atoms with Crippen molar-refractivity contribution in [3.05, 3.63) is 51.0 Å². The molecule has 0 aliphatic heterocycles. The Kier molecular flexibility index (Phi) is 3.04. The first-order chi connectivity index (χ1) is 8.74. The lowest BCUT2D eigenvalue weighted by molar-refractivity contribution is 0.763. The molecule has 2 aromatic rings. The van der Waals surface area contributed by atoms with Crippen molar-refractivity contribution >= 4 is 15.9 Å². The van der Waals surface area contributed by atoms with Gasteiger partial charge in [0.15, 0.2) is 0 Å². The molecule has 1 N–H and O–H groups in total. The van der Waals surface area contributed by atoms with E-state index in [1.807, 2.05) is 30.3 Å². The third-order valence-electron chi connectivity index (χ3n) is 3.14. The van der Waals surface area contributed by atoms with Crippen molar-refractivity contribution in [2.75, 3.05) is 0 Å². The topological polar surface area (TPSA) is 45.8 Å². The Labute approximate surface area is 113 Å². The van der Waals surface area contributed by atoms with E-state index in [0.29, 0.717) is 10.4 Å². The number of hydrogen-bond acceptors (Lipinski definition) is 2. The second-order valence-corrected chi connectivity index (χ2v) is 5.48. The monoisotopic (exact) mass is 304 g/mol. The molecule has 1 aliphatic carbocycles. The van der Waals surface area contributed by atoms with Crippen molar-refractivity contribution < 1.29 is 0 Å². The minimum absolute atomic E-state index is 0.0977. The first-order valence-electron chi connectivity index (χ1n) is 6.08. The van der Waals surface area contributed by atoms with Crippen LogP contribution in [0.15, 0.2) is 39.6 Å². The molecule has 1 saturated carbocycles. The van der Waals surface area contributed by atoms with E-state index in [0.717, 1.165) is 23.5 Å². The fourth-order valence-electron chi connectivity index (χ4n) is 1.98. The lowest BCUT2D eigenvalue weighted by atomic mass is 10.1. The summed E-state index contributed by atoms with van der Waals surface area (Å²) < 4.78 is 0.508. The molecule has 0 radical (unpaired) electrons. The van der Waals surface area contributed by atoms with Gasteiger partial charge in [-0.05, 0) is 34.7 Å². The number of halogens is 1. The van der Waals surface area contributed by atoms with Crippen molar-refractivity contribution in [1.29, 1.82) is 0 Å². The summed E-state index contributed by atoms with van der Waals surface area (Å²) in [4.78, 5) is 19.3. The summed E-state index contributed by atoms with van der Waals surface area (Å²) in [7, 11) is 0. The van der Waals surface area contributed by atoms with Crippen LogP contribution in [-0.2, 0) is 6.42 Å². The maximum absolute atomic E-state index is 11.9. The van der Waals surface area contributed by atoms with Crippen molar-refractivity contribution in [3.8, 4) is 11.3 Å². The molecule has 1 aliphatic rings. The number of benzene rings is 1. The first kappa shape index (κ1) is 11.7. The molecule has 1 fully saturated rings. The van der Waals surface area contributed by atoms with E-state index >= 15 is 0 Å². The summed E-state index contributed by atoms with van der Waals surface area (Å²) in [6.45, 7) is 0. The molecule has 1 aromatic heterocycles. The molecular formula is C14H13BrN2O. The maximum atomic E-state index is 11.9. The van der Waals surface area contributed by atoms with Gasteiger partial charge in [-0.1, -0.05) is 30.3 Å². The zero-order valence-electron chi connectivity index (χ0n) is 9.82. The Balaban J connectivity index is 2.06. The molecule has 92 valence electrons. The zero-order valence-corrected chi connectivity index (χ0v) is 11.4. The van der Waals surface area contributed by atoms with Crippen LogP contribution in [0.3, 0.4) is 0 Å². The largest absolute Gasteiger partial charge is 0.310 e. The van der Waals surface area contributed by atoms with Crippen LogP contribution >= 0.6 is 15.9 Å². The third-order valence-corrected chi connectivity index (χ3v) is 3.87. The van der Waals surface area contributed by atoms with Crippen LogP contribution < -0.4 is 5.56 Å². The molecule has 18 heavy (non-hydrogen) atoms. The molecule has 3 rings (SSSR count). The van der Waals surface area contributed by atoms with Gasteiger partial charge in [0, 0.05) is 12.0 Å². The van der Waals surface area contributed by atoms with E-state index in [4.69, 9.17) is 0 Å². The molecule has 0 bridgehead atoms. The highest BCUT2D eigenvalue weighted by molar-refractivity contribution is 9.10. The van der Waals surface area contributed by atoms with E-state index in [1.165, 1.54) is 12.8 Å². The molecule has 4 heteroatoms. The summed E-state index contributed by atoms with van der Waals surface area (Å²) in [5.74, 6) is 1.50. The summed E-state index contributed by atoms with van der Waals surface area (Å²) in [5, 5.41) is 0. The van der Waals surface area contributed by atoms with Crippen LogP contribution in [0.5, 0.6) is 0 Å². The second-order valence-electron chi connectivity index (χ2n) is 4.69. The van der Waals surface area contributed by atoms with Crippen molar-refractivity contribution in [1.82, 2.24) is 9.97 Å². The van der Waals surface area contributed by atoms with Crippen LogP contribution in [-0.4, -0.2) is 9.97 Å². The van der Waals surface area contributed by atoms with E-state index in [9.17, 15) is 4.79 Å². The molecule has 0 unspecified atom stereocenters. The highest BCUT2D eigenvalue weighted by atomic mass is 79.9. The second kappa shape index (κ2) is 4.69. The fraction of sp³-hybridized carbons (Fsp3) is 0.286. The number of aromatic amines is 1. The zero-order chi connectivity index (χ0) is 12.5.